The summed E-state index contributed by atoms with van der Waals surface area (Å²) in [6.45, 7) is 3.70. The number of sulfonamides is 1. The molecule has 0 saturated heterocycles. The Morgan fingerprint density at radius 3 is 2.70 bits per heavy atom. The van der Waals surface area contributed by atoms with E-state index >= 15 is 0 Å². The first kappa shape index (κ1) is 27.8. The maximum atomic E-state index is 13.0. The van der Waals surface area contributed by atoms with E-state index in [0.29, 0.717) is 22.2 Å². The molecule has 0 aliphatic heterocycles. The molecule has 210 valence electrons. The third-order valence-corrected chi connectivity index (χ3v) is 9.20. The lowest BCUT2D eigenvalue weighted by molar-refractivity contribution is -0.137. The van der Waals surface area contributed by atoms with Gasteiger partial charge in [-0.3, -0.25) is 9.52 Å². The second-order valence-electron chi connectivity index (χ2n) is 9.74. The Labute approximate surface area is 231 Å². The summed E-state index contributed by atoms with van der Waals surface area (Å²) < 4.78 is 72.3. The van der Waals surface area contributed by atoms with E-state index in [0.717, 1.165) is 47.9 Å². The van der Waals surface area contributed by atoms with Crippen molar-refractivity contribution in [3.63, 3.8) is 0 Å². The van der Waals surface area contributed by atoms with Gasteiger partial charge < -0.3 is 9.72 Å². The molecule has 2 N–H and O–H groups in total. The Balaban J connectivity index is 1.34. The van der Waals surface area contributed by atoms with Crippen LogP contribution in [0.5, 0.6) is 0 Å². The van der Waals surface area contributed by atoms with Crippen LogP contribution in [0.25, 0.3) is 10.2 Å². The summed E-state index contributed by atoms with van der Waals surface area (Å²) in [7, 11) is -4.33. The van der Waals surface area contributed by atoms with Crippen LogP contribution in [-0.2, 0) is 33.8 Å². The molecule has 5 rings (SSSR count). The van der Waals surface area contributed by atoms with Gasteiger partial charge in [0, 0.05) is 10.6 Å². The molecule has 2 aromatic heterocycles. The SMILES string of the molecule is C[C@@H]1CCc2c(sc3nc([C@@H](C)OC(=O)c4cccc(S(=O)(=O)Nc5cccc(C(F)(F)F)c5)c4)[nH]c(=O)c23)C1. The molecule has 4 aromatic rings. The third kappa shape index (κ3) is 5.61. The van der Waals surface area contributed by atoms with Crippen molar-refractivity contribution in [2.24, 2.45) is 5.92 Å². The Kier molecular flexibility index (Phi) is 7.21. The monoisotopic (exact) mass is 591 g/mol. The van der Waals surface area contributed by atoms with Gasteiger partial charge >= 0.3 is 12.1 Å². The van der Waals surface area contributed by atoms with E-state index in [1.807, 2.05) is 0 Å². The van der Waals surface area contributed by atoms with Crippen molar-refractivity contribution in [3.05, 3.63) is 86.3 Å². The van der Waals surface area contributed by atoms with Crippen molar-refractivity contribution < 1.29 is 31.1 Å². The molecular weight excluding hydrogens is 567 g/mol. The smallest absolute Gasteiger partial charge is 0.416 e. The molecular formula is C27H24F3N3O5S2. The molecule has 2 atom stereocenters. The third-order valence-electron chi connectivity index (χ3n) is 6.67. The van der Waals surface area contributed by atoms with Crippen molar-refractivity contribution >= 4 is 43.2 Å². The average Bonchev–Trinajstić information content (AvgIpc) is 3.26. The molecule has 1 aliphatic rings. The van der Waals surface area contributed by atoms with Crippen LogP contribution < -0.4 is 10.3 Å². The minimum absolute atomic E-state index is 0.109. The number of carbonyl (C=O) groups excluding carboxylic acids is 1. The summed E-state index contributed by atoms with van der Waals surface area (Å²) in [5, 5.41) is 0.570. The van der Waals surface area contributed by atoms with E-state index in [2.05, 4.69) is 21.6 Å². The number of esters is 1. The number of benzene rings is 2. The number of rotatable bonds is 6. The van der Waals surface area contributed by atoms with Crippen molar-refractivity contribution in [1.82, 2.24) is 9.97 Å². The van der Waals surface area contributed by atoms with Crippen LogP contribution in [0.1, 0.15) is 58.6 Å². The van der Waals surface area contributed by atoms with E-state index in [9.17, 15) is 31.2 Å². The number of carbonyl (C=O) groups is 1. The first-order valence-electron chi connectivity index (χ1n) is 12.4. The standard InChI is InChI=1S/C27H24F3N3O5S2/c1-14-9-10-20-21(11-14)39-25-22(20)24(34)31-23(32-25)15(2)38-26(35)16-5-3-8-19(12-16)40(36,37)33-18-7-4-6-17(13-18)27(28,29)30/h3-8,12-15,33H,9-11H2,1-2H3,(H,31,32,34)/t14-,15-/m1/s1. The highest BCUT2D eigenvalue weighted by Crippen LogP contribution is 2.36. The van der Waals surface area contributed by atoms with Gasteiger partial charge in [0.05, 0.1) is 21.4 Å². The average molecular weight is 592 g/mol. The van der Waals surface area contributed by atoms with Crippen LogP contribution in [0.2, 0.25) is 0 Å². The Morgan fingerprint density at radius 2 is 1.95 bits per heavy atom. The topological polar surface area (TPSA) is 118 Å². The predicted octanol–water partition coefficient (Wildman–Crippen LogP) is 5.85. The summed E-state index contributed by atoms with van der Waals surface area (Å²) in [6, 6.07) is 8.66. The number of nitrogens with zero attached hydrogens (tertiary/aromatic N) is 1. The van der Waals surface area contributed by atoms with Gasteiger partial charge in [-0.1, -0.05) is 19.1 Å². The summed E-state index contributed by atoms with van der Waals surface area (Å²) in [5.74, 6) is -0.183. The summed E-state index contributed by atoms with van der Waals surface area (Å²) >= 11 is 1.46. The molecule has 0 saturated carbocycles. The second kappa shape index (κ2) is 10.4. The number of aryl methyl sites for hydroxylation is 1. The van der Waals surface area contributed by atoms with Gasteiger partial charge in [0.15, 0.2) is 11.9 Å². The number of hydrogen-bond donors (Lipinski definition) is 2. The summed E-state index contributed by atoms with van der Waals surface area (Å²) in [4.78, 5) is 34.4. The molecule has 13 heteroatoms. The molecule has 0 amide bonds. The molecule has 40 heavy (non-hydrogen) atoms. The zero-order valence-corrected chi connectivity index (χ0v) is 23.0. The quantitative estimate of drug-likeness (QED) is 0.272. The number of anilines is 1. The van der Waals surface area contributed by atoms with Gasteiger partial charge in [-0.2, -0.15) is 13.2 Å². The van der Waals surface area contributed by atoms with Crippen molar-refractivity contribution in [2.75, 3.05) is 4.72 Å². The van der Waals surface area contributed by atoms with Crippen LogP contribution in [0.15, 0.2) is 58.2 Å². The predicted molar refractivity (Wildman–Crippen MR) is 144 cm³/mol. The van der Waals surface area contributed by atoms with Crippen LogP contribution in [-0.4, -0.2) is 24.4 Å². The van der Waals surface area contributed by atoms with Gasteiger partial charge in [0.1, 0.15) is 4.83 Å². The fraction of sp³-hybridized carbons (Fsp3) is 0.296. The first-order valence-corrected chi connectivity index (χ1v) is 14.7. The Bertz CT molecular complexity index is 1780. The Hall–Kier alpha value is -3.71. The first-order chi connectivity index (χ1) is 18.8. The highest BCUT2D eigenvalue weighted by Gasteiger charge is 2.31. The number of hydrogen-bond acceptors (Lipinski definition) is 7. The van der Waals surface area contributed by atoms with Gasteiger partial charge in [-0.15, -0.1) is 11.3 Å². The largest absolute Gasteiger partial charge is 0.451 e. The number of alkyl halides is 3. The van der Waals surface area contributed by atoms with Crippen molar-refractivity contribution in [3.8, 4) is 0 Å². The Morgan fingerprint density at radius 1 is 1.20 bits per heavy atom. The van der Waals surface area contributed by atoms with Crippen LogP contribution in [0.4, 0.5) is 18.9 Å². The van der Waals surface area contributed by atoms with Gasteiger partial charge in [-0.05, 0) is 74.1 Å². The number of aromatic amines is 1. The number of nitrogens with one attached hydrogen (secondary N) is 2. The molecule has 0 radical (unpaired) electrons. The molecule has 1 aliphatic carbocycles. The summed E-state index contributed by atoms with van der Waals surface area (Å²) in [6.07, 6.45) is -2.90. The minimum Gasteiger partial charge on any atom is -0.451 e. The lowest BCUT2D eigenvalue weighted by Crippen LogP contribution is -2.18. The van der Waals surface area contributed by atoms with Crippen LogP contribution >= 0.6 is 11.3 Å². The van der Waals surface area contributed by atoms with E-state index in [4.69, 9.17) is 4.74 Å². The molecule has 0 spiro atoms. The lowest BCUT2D eigenvalue weighted by Gasteiger charge is -2.17. The fourth-order valence-electron chi connectivity index (χ4n) is 4.61. The van der Waals surface area contributed by atoms with E-state index < -0.39 is 33.8 Å². The number of ether oxygens (including phenoxy) is 1. The summed E-state index contributed by atoms with van der Waals surface area (Å²) in [5.41, 5.74) is -0.681. The zero-order chi connectivity index (χ0) is 28.8. The zero-order valence-electron chi connectivity index (χ0n) is 21.3. The van der Waals surface area contributed by atoms with Gasteiger partial charge in [-0.25, -0.2) is 18.2 Å². The van der Waals surface area contributed by atoms with E-state index in [1.165, 1.54) is 42.5 Å². The second-order valence-corrected chi connectivity index (χ2v) is 12.5. The molecule has 0 bridgehead atoms. The van der Waals surface area contributed by atoms with Gasteiger partial charge in [0.25, 0.3) is 15.6 Å². The highest BCUT2D eigenvalue weighted by molar-refractivity contribution is 7.92. The number of H-pyrrole nitrogens is 1. The number of thiophene rings is 1. The van der Waals surface area contributed by atoms with E-state index in [1.54, 1.807) is 0 Å². The number of fused-ring (bicyclic) bond motifs is 3. The number of halogens is 3. The van der Waals surface area contributed by atoms with Crippen LogP contribution in [0, 0.1) is 5.92 Å². The fourth-order valence-corrected chi connectivity index (χ4v) is 7.09. The lowest BCUT2D eigenvalue weighted by atomic mass is 9.89. The normalized spacial score (nSPS) is 16.4. The maximum Gasteiger partial charge on any atom is 0.416 e. The van der Waals surface area contributed by atoms with E-state index in [-0.39, 0.29) is 27.5 Å². The van der Waals surface area contributed by atoms with Gasteiger partial charge in [0.2, 0.25) is 0 Å². The van der Waals surface area contributed by atoms with Crippen LogP contribution in [0.3, 0.4) is 0 Å². The minimum atomic E-state index is -4.65. The molecule has 2 aromatic carbocycles. The van der Waals surface area contributed by atoms with Crippen molar-refractivity contribution in [1.29, 1.82) is 0 Å². The molecule has 8 nitrogen and oxygen atoms in total. The van der Waals surface area contributed by atoms with Crippen molar-refractivity contribution in [2.45, 2.75) is 50.3 Å². The maximum absolute atomic E-state index is 13.0. The number of aromatic nitrogens is 2. The molecule has 0 fully saturated rings. The highest BCUT2D eigenvalue weighted by atomic mass is 32.2. The molecule has 2 heterocycles. The molecule has 0 unspecified atom stereocenters.